The minimum absolute atomic E-state index is 0.00139. The molecule has 0 heterocycles. The number of ether oxygens (including phenoxy) is 1. The number of hydrogen-bond acceptors (Lipinski definition) is 3. The summed E-state index contributed by atoms with van der Waals surface area (Å²) in [5, 5.41) is 3.14. The fourth-order valence-corrected chi connectivity index (χ4v) is 3.72. The molecule has 0 saturated heterocycles. The molecule has 0 bridgehead atoms. The van der Waals surface area contributed by atoms with Crippen molar-refractivity contribution >= 4 is 5.91 Å². The van der Waals surface area contributed by atoms with Crippen LogP contribution in [0.1, 0.15) is 47.2 Å². The highest BCUT2D eigenvalue weighted by molar-refractivity contribution is 5.94. The molecule has 0 aliphatic heterocycles. The molecule has 3 N–H and O–H groups in total. The second kappa shape index (κ2) is 7.70. The number of benzene rings is 2. The molecule has 0 spiro atoms. The van der Waals surface area contributed by atoms with E-state index in [2.05, 4.69) is 17.4 Å². The van der Waals surface area contributed by atoms with Gasteiger partial charge in [-0.1, -0.05) is 37.1 Å². The van der Waals surface area contributed by atoms with Crippen LogP contribution in [0.2, 0.25) is 0 Å². The summed E-state index contributed by atoms with van der Waals surface area (Å²) in [7, 11) is 1.69. The van der Waals surface area contributed by atoms with Crippen LogP contribution in [0.3, 0.4) is 0 Å². The lowest BCUT2D eigenvalue weighted by Crippen LogP contribution is -2.39. The van der Waals surface area contributed by atoms with Gasteiger partial charge in [0.2, 0.25) is 0 Å². The fourth-order valence-electron chi connectivity index (χ4n) is 3.72. The van der Waals surface area contributed by atoms with Gasteiger partial charge in [-0.15, -0.1) is 0 Å². The van der Waals surface area contributed by atoms with Crippen molar-refractivity contribution in [3.63, 3.8) is 0 Å². The van der Waals surface area contributed by atoms with Gasteiger partial charge in [0.25, 0.3) is 5.91 Å². The van der Waals surface area contributed by atoms with Gasteiger partial charge < -0.3 is 15.8 Å². The van der Waals surface area contributed by atoms with Crippen LogP contribution in [0.15, 0.2) is 48.5 Å². The molecule has 0 unspecified atom stereocenters. The summed E-state index contributed by atoms with van der Waals surface area (Å²) >= 11 is 0. The maximum Gasteiger partial charge on any atom is 0.251 e. The highest BCUT2D eigenvalue weighted by Gasteiger charge is 2.36. The first-order valence-corrected chi connectivity index (χ1v) is 8.89. The van der Waals surface area contributed by atoms with E-state index >= 15 is 0 Å². The van der Waals surface area contributed by atoms with E-state index in [0.717, 1.165) is 24.2 Å². The van der Waals surface area contributed by atoms with E-state index in [1.54, 1.807) is 7.11 Å². The van der Waals surface area contributed by atoms with Crippen molar-refractivity contribution in [3.05, 3.63) is 65.2 Å². The number of carbonyl (C=O) groups excluding carboxylic acids is 1. The van der Waals surface area contributed by atoms with Gasteiger partial charge in [-0.2, -0.15) is 0 Å². The molecule has 4 nitrogen and oxygen atoms in total. The fraction of sp³-hybridized carbons (Fsp3) is 0.381. The molecule has 2 aromatic carbocycles. The second-order valence-corrected chi connectivity index (χ2v) is 6.80. The van der Waals surface area contributed by atoms with Crippen LogP contribution < -0.4 is 15.8 Å². The summed E-state index contributed by atoms with van der Waals surface area (Å²) in [6.07, 6.45) is 4.57. The van der Waals surface area contributed by atoms with Gasteiger partial charge in [0.05, 0.1) is 7.11 Å². The van der Waals surface area contributed by atoms with Gasteiger partial charge in [0.1, 0.15) is 5.75 Å². The van der Waals surface area contributed by atoms with E-state index in [-0.39, 0.29) is 11.3 Å². The lowest BCUT2D eigenvalue weighted by molar-refractivity contribution is 0.0943. The first-order valence-electron chi connectivity index (χ1n) is 8.89. The van der Waals surface area contributed by atoms with Crippen molar-refractivity contribution in [2.75, 3.05) is 13.7 Å². The zero-order chi connectivity index (χ0) is 17.7. The third-order valence-corrected chi connectivity index (χ3v) is 5.28. The predicted octanol–water partition coefficient (Wildman–Crippen LogP) is 3.40. The van der Waals surface area contributed by atoms with Gasteiger partial charge in [0.15, 0.2) is 0 Å². The van der Waals surface area contributed by atoms with Crippen LogP contribution >= 0.6 is 0 Å². The van der Waals surface area contributed by atoms with E-state index in [4.69, 9.17) is 10.5 Å². The molecule has 0 radical (unpaired) electrons. The normalized spacial score (nSPS) is 15.8. The van der Waals surface area contributed by atoms with Gasteiger partial charge in [-0.3, -0.25) is 4.79 Å². The van der Waals surface area contributed by atoms with Crippen molar-refractivity contribution in [1.82, 2.24) is 5.32 Å². The average Bonchev–Trinajstić information content (AvgIpc) is 3.16. The van der Waals surface area contributed by atoms with Crippen LogP contribution in [-0.2, 0) is 12.0 Å². The number of rotatable bonds is 6. The number of hydrogen-bond donors (Lipinski definition) is 2. The third kappa shape index (κ3) is 3.85. The average molecular weight is 338 g/mol. The molecule has 1 amide bonds. The van der Waals surface area contributed by atoms with Crippen LogP contribution in [-0.4, -0.2) is 19.6 Å². The van der Waals surface area contributed by atoms with Crippen molar-refractivity contribution in [2.24, 2.45) is 5.73 Å². The lowest BCUT2D eigenvalue weighted by atomic mass is 9.78. The molecule has 2 aromatic rings. The summed E-state index contributed by atoms with van der Waals surface area (Å²) in [6, 6.07) is 15.7. The molecule has 1 saturated carbocycles. The number of carbonyl (C=O) groups is 1. The molecule has 1 aliphatic rings. The molecular formula is C21H26N2O2. The minimum atomic E-state index is -0.0299. The number of nitrogens with one attached hydrogen (secondary N) is 1. The zero-order valence-electron chi connectivity index (χ0n) is 14.8. The molecule has 25 heavy (non-hydrogen) atoms. The zero-order valence-corrected chi connectivity index (χ0v) is 14.8. The second-order valence-electron chi connectivity index (χ2n) is 6.80. The molecule has 0 atom stereocenters. The summed E-state index contributed by atoms with van der Waals surface area (Å²) in [5.41, 5.74) is 8.57. The van der Waals surface area contributed by atoms with Crippen LogP contribution in [0.25, 0.3) is 0 Å². The maximum absolute atomic E-state index is 12.5. The Labute approximate surface area is 149 Å². The number of amides is 1. The molecular weight excluding hydrogens is 312 g/mol. The van der Waals surface area contributed by atoms with Gasteiger partial charge in [0, 0.05) is 24.1 Å². The Kier molecular flexibility index (Phi) is 5.39. The highest BCUT2D eigenvalue weighted by atomic mass is 16.5. The minimum Gasteiger partial charge on any atom is -0.497 e. The van der Waals surface area contributed by atoms with Crippen molar-refractivity contribution in [3.8, 4) is 5.75 Å². The maximum atomic E-state index is 12.5. The Morgan fingerprint density at radius 3 is 2.52 bits per heavy atom. The molecule has 132 valence electrons. The monoisotopic (exact) mass is 338 g/mol. The molecule has 1 fully saturated rings. The van der Waals surface area contributed by atoms with Crippen LogP contribution in [0.5, 0.6) is 5.75 Å². The molecule has 0 aromatic heterocycles. The van der Waals surface area contributed by atoms with Gasteiger partial charge >= 0.3 is 0 Å². The van der Waals surface area contributed by atoms with Crippen LogP contribution in [0.4, 0.5) is 0 Å². The summed E-state index contributed by atoms with van der Waals surface area (Å²) < 4.78 is 5.38. The van der Waals surface area contributed by atoms with E-state index < -0.39 is 0 Å². The Morgan fingerprint density at radius 2 is 1.88 bits per heavy atom. The Hall–Kier alpha value is -2.33. The first-order chi connectivity index (χ1) is 12.2. The summed E-state index contributed by atoms with van der Waals surface area (Å²) in [6.45, 7) is 1.14. The predicted molar refractivity (Wildman–Crippen MR) is 99.8 cm³/mol. The molecule has 1 aliphatic carbocycles. The number of methoxy groups -OCH3 is 1. The summed E-state index contributed by atoms with van der Waals surface area (Å²) in [5.74, 6) is 0.838. The van der Waals surface area contributed by atoms with E-state index in [9.17, 15) is 4.79 Å². The van der Waals surface area contributed by atoms with E-state index in [1.807, 2.05) is 36.4 Å². The van der Waals surface area contributed by atoms with E-state index in [1.165, 1.54) is 18.4 Å². The Morgan fingerprint density at radius 1 is 1.16 bits per heavy atom. The van der Waals surface area contributed by atoms with Crippen molar-refractivity contribution in [2.45, 2.75) is 37.6 Å². The smallest absolute Gasteiger partial charge is 0.251 e. The van der Waals surface area contributed by atoms with Crippen molar-refractivity contribution < 1.29 is 9.53 Å². The quantitative estimate of drug-likeness (QED) is 0.848. The lowest BCUT2D eigenvalue weighted by Gasteiger charge is -2.30. The number of nitrogens with two attached hydrogens (primary N) is 1. The SMILES string of the molecule is COc1cccc(C2(CNC(=O)c3ccc(CN)cc3)CCCC2)c1. The standard InChI is InChI=1S/C21H26N2O2/c1-25-19-6-4-5-18(13-19)21(11-2-3-12-21)15-23-20(24)17-9-7-16(14-22)8-10-17/h4-10,13H,2-3,11-12,14-15,22H2,1H3,(H,23,24). The largest absolute Gasteiger partial charge is 0.497 e. The van der Waals surface area contributed by atoms with E-state index in [0.29, 0.717) is 18.7 Å². The first kappa shape index (κ1) is 17.5. The van der Waals surface area contributed by atoms with Gasteiger partial charge in [-0.05, 0) is 48.2 Å². The highest BCUT2D eigenvalue weighted by Crippen LogP contribution is 2.41. The summed E-state index contributed by atoms with van der Waals surface area (Å²) in [4.78, 5) is 12.5. The Bertz CT molecular complexity index is 719. The molecule has 4 heteroatoms. The van der Waals surface area contributed by atoms with Crippen molar-refractivity contribution in [1.29, 1.82) is 0 Å². The molecule has 3 rings (SSSR count). The third-order valence-electron chi connectivity index (χ3n) is 5.28. The Balaban J connectivity index is 1.74. The topological polar surface area (TPSA) is 64.3 Å². The van der Waals surface area contributed by atoms with Crippen LogP contribution in [0, 0.1) is 0 Å². The van der Waals surface area contributed by atoms with Gasteiger partial charge in [-0.25, -0.2) is 0 Å².